The molecule has 9 N–H and O–H groups in total. The van der Waals surface area contributed by atoms with Gasteiger partial charge in [0.05, 0.1) is 18.2 Å². The van der Waals surface area contributed by atoms with Crippen molar-refractivity contribution in [3.8, 4) is 5.75 Å². The van der Waals surface area contributed by atoms with Crippen molar-refractivity contribution in [2.24, 2.45) is 16.5 Å². The molecule has 0 bridgehead atoms. The highest BCUT2D eigenvalue weighted by Crippen LogP contribution is 2.41. The lowest BCUT2D eigenvalue weighted by Crippen LogP contribution is -2.88. The molecule has 1 saturated heterocycles. The predicted octanol–water partition coefficient (Wildman–Crippen LogP) is -3.50. The third kappa shape index (κ3) is 3.97. The first-order chi connectivity index (χ1) is 19.1. The second-order valence-electron chi connectivity index (χ2n) is 11.2. The molecule has 14 heteroatoms. The van der Waals surface area contributed by atoms with Crippen LogP contribution in [0.1, 0.15) is 46.7 Å². The first-order valence-corrected chi connectivity index (χ1v) is 13.2. The number of aliphatic hydroxyl groups is 1. The number of benzene rings is 1. The predicted molar refractivity (Wildman–Crippen MR) is 143 cm³/mol. The van der Waals surface area contributed by atoms with E-state index >= 15 is 0 Å². The van der Waals surface area contributed by atoms with Gasteiger partial charge in [0.2, 0.25) is 5.66 Å². The van der Waals surface area contributed by atoms with Crippen LogP contribution in [0.2, 0.25) is 0 Å². The molecule has 1 aromatic heterocycles. The summed E-state index contributed by atoms with van der Waals surface area (Å²) >= 11 is 0. The van der Waals surface area contributed by atoms with E-state index in [1.165, 1.54) is 6.20 Å². The maximum atomic E-state index is 13.5. The number of aliphatic imine (C=N–C) groups is 1. The van der Waals surface area contributed by atoms with Crippen molar-refractivity contribution in [3.63, 3.8) is 0 Å². The quantitative estimate of drug-likeness (QED) is 0.196. The number of aliphatic hydroxyl groups excluding tert-OH is 1. The Morgan fingerprint density at radius 1 is 1.25 bits per heavy atom. The van der Waals surface area contributed by atoms with Crippen molar-refractivity contribution in [3.05, 3.63) is 53.3 Å². The van der Waals surface area contributed by atoms with Crippen molar-refractivity contribution in [2.75, 3.05) is 19.7 Å². The maximum absolute atomic E-state index is 13.5. The summed E-state index contributed by atoms with van der Waals surface area (Å²) in [6.45, 7) is 5.04. The molecule has 40 heavy (non-hydrogen) atoms. The number of nitrogens with two attached hydrogens (primary N) is 2. The number of nitrogens with one attached hydrogen (secondary N) is 4. The van der Waals surface area contributed by atoms with Gasteiger partial charge in [-0.05, 0) is 30.0 Å². The lowest BCUT2D eigenvalue weighted by atomic mass is 9.79. The number of aromatic nitrogens is 2. The Morgan fingerprint density at radius 2 is 2.08 bits per heavy atom. The summed E-state index contributed by atoms with van der Waals surface area (Å²) in [6.07, 6.45) is 1.19. The number of carbonyl (C=O) groups excluding carboxylic acids is 2. The molecular formula is C26H33N10O4+. The van der Waals surface area contributed by atoms with Gasteiger partial charge in [-0.1, -0.05) is 26.0 Å². The van der Waals surface area contributed by atoms with Gasteiger partial charge >= 0.3 is 5.96 Å². The summed E-state index contributed by atoms with van der Waals surface area (Å²) in [7, 11) is 0. The molecule has 1 spiro atoms. The number of rotatable bonds is 5. The van der Waals surface area contributed by atoms with Gasteiger partial charge < -0.3 is 31.1 Å². The minimum absolute atomic E-state index is 0.0886. The van der Waals surface area contributed by atoms with Crippen LogP contribution in [0.3, 0.4) is 0 Å². The van der Waals surface area contributed by atoms with E-state index in [-0.39, 0.29) is 42.0 Å². The Balaban J connectivity index is 1.23. The molecule has 14 nitrogen and oxygen atoms in total. The van der Waals surface area contributed by atoms with Gasteiger partial charge in [0.15, 0.2) is 17.7 Å². The van der Waals surface area contributed by atoms with Gasteiger partial charge in [-0.2, -0.15) is 5.10 Å². The highest BCUT2D eigenvalue weighted by atomic mass is 16.5. The second-order valence-corrected chi connectivity index (χ2v) is 11.2. The lowest BCUT2D eigenvalue weighted by molar-refractivity contribution is -0.513. The molecule has 0 saturated carbocycles. The van der Waals surface area contributed by atoms with Crippen molar-refractivity contribution >= 4 is 23.7 Å². The average molecular weight is 550 g/mol. The molecule has 6 rings (SSSR count). The first-order valence-electron chi connectivity index (χ1n) is 13.2. The molecule has 210 valence electrons. The number of nitrogens with zero attached hydrogens (tertiary/aromatic N) is 4. The van der Waals surface area contributed by atoms with E-state index in [4.69, 9.17) is 16.2 Å². The fourth-order valence-electron chi connectivity index (χ4n) is 6.19. The van der Waals surface area contributed by atoms with E-state index in [1.54, 1.807) is 23.1 Å². The van der Waals surface area contributed by atoms with Crippen molar-refractivity contribution < 1.29 is 24.4 Å². The standard InChI is InChI=1S/C26H32N10O4/c1-25(2)8-10-40-18-13(5-3-6-14(18)25)21(38)31-17-12-36-24(28)32-16(11-29-22(39)15-7-4-9-30-35-15)19-26(36,20(17)37)34-23(27)33-19/h3-7,9,16-17,19-20,37H,8,10-12H2,1-2H3,(H2,28,32)(H,29,39)(H,31,38)(H3,27,33,34)/p+1/t16-,17?,19-,20+,26-/m0/s1. The van der Waals surface area contributed by atoms with Crippen LogP contribution in [0.15, 0.2) is 41.5 Å². The van der Waals surface area contributed by atoms with Gasteiger partial charge in [-0.3, -0.25) is 20.3 Å². The van der Waals surface area contributed by atoms with Crippen LogP contribution in [0.4, 0.5) is 0 Å². The molecule has 0 radical (unpaired) electrons. The van der Waals surface area contributed by atoms with Crippen LogP contribution in [-0.2, 0) is 5.41 Å². The average Bonchev–Trinajstić information content (AvgIpc) is 3.43. The summed E-state index contributed by atoms with van der Waals surface area (Å²) in [5.74, 6) is 0.157. The summed E-state index contributed by atoms with van der Waals surface area (Å²) < 4.78 is 5.93. The zero-order valence-corrected chi connectivity index (χ0v) is 22.2. The summed E-state index contributed by atoms with van der Waals surface area (Å²) in [5, 5.41) is 28.2. The van der Waals surface area contributed by atoms with E-state index in [1.807, 2.05) is 12.1 Å². The van der Waals surface area contributed by atoms with Crippen LogP contribution >= 0.6 is 0 Å². The Hall–Kier alpha value is -4.46. The van der Waals surface area contributed by atoms with Crippen LogP contribution in [0, 0.1) is 0 Å². The number of para-hydroxylation sites is 1. The minimum Gasteiger partial charge on any atom is -0.492 e. The molecule has 1 aromatic carbocycles. The van der Waals surface area contributed by atoms with Gasteiger partial charge in [0.25, 0.3) is 11.8 Å². The van der Waals surface area contributed by atoms with Gasteiger partial charge in [0, 0.05) is 24.8 Å². The van der Waals surface area contributed by atoms with E-state index in [0.717, 1.165) is 12.0 Å². The van der Waals surface area contributed by atoms with Crippen LogP contribution in [-0.4, -0.2) is 93.5 Å². The highest BCUT2D eigenvalue weighted by Gasteiger charge is 2.68. The number of guanidine groups is 2. The first kappa shape index (κ1) is 25.8. The van der Waals surface area contributed by atoms with Gasteiger partial charge in [0.1, 0.15) is 17.9 Å². The summed E-state index contributed by atoms with van der Waals surface area (Å²) in [5.41, 5.74) is 12.8. The summed E-state index contributed by atoms with van der Waals surface area (Å²) in [6, 6.07) is 6.82. The van der Waals surface area contributed by atoms with Crippen LogP contribution < -0.4 is 37.1 Å². The largest absolute Gasteiger partial charge is 0.492 e. The molecule has 2 amide bonds. The fourth-order valence-corrected chi connectivity index (χ4v) is 6.19. The van der Waals surface area contributed by atoms with E-state index in [2.05, 4.69) is 50.0 Å². The molecular weight excluding hydrogens is 516 g/mol. The third-order valence-corrected chi connectivity index (χ3v) is 8.29. The van der Waals surface area contributed by atoms with Crippen molar-refractivity contribution in [1.82, 2.24) is 31.0 Å². The Morgan fingerprint density at radius 3 is 2.85 bits per heavy atom. The number of ether oxygens (including phenoxy) is 1. The molecule has 1 fully saturated rings. The van der Waals surface area contributed by atoms with Crippen LogP contribution in [0.5, 0.6) is 5.75 Å². The molecule has 5 atom stereocenters. The van der Waals surface area contributed by atoms with E-state index in [0.29, 0.717) is 17.9 Å². The number of fused-ring (bicyclic) bond motifs is 1. The Kier molecular flexibility index (Phi) is 6.02. The Labute approximate surface area is 230 Å². The van der Waals surface area contributed by atoms with E-state index < -0.39 is 35.8 Å². The molecule has 0 aliphatic carbocycles. The second kappa shape index (κ2) is 9.33. The minimum atomic E-state index is -1.20. The number of hydrogen-bond acceptors (Lipinski definition) is 11. The number of amides is 2. The molecule has 1 unspecified atom stereocenters. The molecule has 4 aliphatic heterocycles. The van der Waals surface area contributed by atoms with Crippen LogP contribution in [0.25, 0.3) is 0 Å². The zero-order chi connectivity index (χ0) is 28.2. The molecule has 2 aromatic rings. The van der Waals surface area contributed by atoms with Gasteiger partial charge in [-0.25, -0.2) is 10.3 Å². The maximum Gasteiger partial charge on any atom is 0.343 e. The topological polar surface area (TPSA) is 207 Å². The molecule has 4 aliphatic rings. The fraction of sp³-hybridized carbons (Fsp3) is 0.462. The zero-order valence-electron chi connectivity index (χ0n) is 22.2. The monoisotopic (exact) mass is 549 g/mol. The SMILES string of the molecule is CC1(C)CCOc2c(C(=O)NC3CN4C(N)=N[C@@H](CNC(=O)c5cccnn5)[C@@H]5[NH+]=C(N)N[C@@]54[C@@H]3O)cccc21. The summed E-state index contributed by atoms with van der Waals surface area (Å²) in [4.78, 5) is 35.6. The van der Waals surface area contributed by atoms with Gasteiger partial charge in [-0.15, -0.1) is 5.10 Å². The third-order valence-electron chi connectivity index (χ3n) is 8.29. The Bertz CT molecular complexity index is 1410. The lowest BCUT2D eigenvalue weighted by Gasteiger charge is -2.43. The highest BCUT2D eigenvalue weighted by molar-refractivity contribution is 5.98. The normalized spacial score (nSPS) is 29.5. The number of hydrogen-bond donors (Lipinski definition) is 7. The molecule has 5 heterocycles. The number of carbonyl (C=O) groups is 2. The van der Waals surface area contributed by atoms with Crippen molar-refractivity contribution in [2.45, 2.75) is 55.6 Å². The van der Waals surface area contributed by atoms with E-state index in [9.17, 15) is 14.7 Å². The smallest absolute Gasteiger partial charge is 0.343 e. The van der Waals surface area contributed by atoms with Crippen molar-refractivity contribution in [1.29, 1.82) is 0 Å².